The Morgan fingerprint density at radius 1 is 1.03 bits per heavy atom. The Kier molecular flexibility index (Phi) is 7.55. The molecule has 3 heterocycles. The molecule has 0 radical (unpaired) electrons. The van der Waals surface area contributed by atoms with Crippen LogP contribution >= 0.6 is 0 Å². The van der Waals surface area contributed by atoms with E-state index in [1.165, 1.54) is 17.7 Å². The molecule has 0 spiro atoms. The Morgan fingerprint density at radius 2 is 1.78 bits per heavy atom. The summed E-state index contributed by atoms with van der Waals surface area (Å²) in [5.74, 6) is 0.518. The summed E-state index contributed by atoms with van der Waals surface area (Å²) in [6, 6.07) is 14.4. The second-order valence-corrected chi connectivity index (χ2v) is 10.3. The molecule has 6 nitrogen and oxygen atoms in total. The van der Waals surface area contributed by atoms with Crippen LogP contribution in [0.4, 0.5) is 20.4 Å². The Bertz CT molecular complexity index is 1210. The Hall–Kier alpha value is -3.26. The van der Waals surface area contributed by atoms with Crippen molar-refractivity contribution in [2.24, 2.45) is 0 Å². The number of hydrogen-bond acceptors (Lipinski definition) is 6. The predicted molar refractivity (Wildman–Crippen MR) is 142 cm³/mol. The van der Waals surface area contributed by atoms with Gasteiger partial charge in [-0.3, -0.25) is 4.90 Å². The molecule has 1 saturated heterocycles. The van der Waals surface area contributed by atoms with Crippen molar-refractivity contribution < 1.29 is 13.5 Å². The maximum atomic E-state index is 14.1. The van der Waals surface area contributed by atoms with Gasteiger partial charge in [0.15, 0.2) is 23.2 Å². The van der Waals surface area contributed by atoms with Crippen LogP contribution in [0.25, 0.3) is 0 Å². The highest BCUT2D eigenvalue weighted by atomic mass is 19.1. The number of ether oxygens (including phenoxy) is 1. The summed E-state index contributed by atoms with van der Waals surface area (Å²) in [5.41, 5.74) is 3.40. The summed E-state index contributed by atoms with van der Waals surface area (Å²) in [7, 11) is 0. The maximum absolute atomic E-state index is 14.1. The Morgan fingerprint density at radius 3 is 2.49 bits per heavy atom. The third-order valence-corrected chi connectivity index (χ3v) is 7.14. The predicted octanol–water partition coefficient (Wildman–Crippen LogP) is 5.74. The van der Waals surface area contributed by atoms with E-state index in [0.717, 1.165) is 61.7 Å². The lowest BCUT2D eigenvalue weighted by Crippen LogP contribution is -2.40. The van der Waals surface area contributed by atoms with Gasteiger partial charge in [-0.2, -0.15) is 0 Å². The van der Waals surface area contributed by atoms with Crippen molar-refractivity contribution in [2.45, 2.75) is 64.8 Å². The number of rotatable bonds is 7. The zero-order chi connectivity index (χ0) is 25.9. The number of halogens is 2. The van der Waals surface area contributed by atoms with Crippen LogP contribution in [0.3, 0.4) is 0 Å². The van der Waals surface area contributed by atoms with Crippen molar-refractivity contribution in [1.29, 1.82) is 0 Å². The largest absolute Gasteiger partial charge is 0.487 e. The molecular formula is C29H35F2N5O. The third kappa shape index (κ3) is 5.85. The van der Waals surface area contributed by atoms with Gasteiger partial charge in [0.2, 0.25) is 0 Å². The number of anilines is 2. The number of nitrogens with zero attached hydrogens (tertiary/aromatic N) is 4. The van der Waals surface area contributed by atoms with Crippen LogP contribution in [0.15, 0.2) is 48.5 Å². The second kappa shape index (κ2) is 11.0. The summed E-state index contributed by atoms with van der Waals surface area (Å²) < 4.78 is 33.2. The molecule has 0 saturated carbocycles. The van der Waals surface area contributed by atoms with E-state index >= 15 is 0 Å². The average molecular weight is 508 g/mol. The van der Waals surface area contributed by atoms with Crippen molar-refractivity contribution in [2.75, 3.05) is 29.9 Å². The third-order valence-electron chi connectivity index (χ3n) is 7.14. The summed E-state index contributed by atoms with van der Waals surface area (Å²) in [5, 5.41) is 3.51. The van der Waals surface area contributed by atoms with E-state index in [4.69, 9.17) is 14.7 Å². The van der Waals surface area contributed by atoms with Crippen LogP contribution in [0.5, 0.6) is 5.75 Å². The van der Waals surface area contributed by atoms with Crippen LogP contribution in [-0.2, 0) is 13.0 Å². The van der Waals surface area contributed by atoms with Crippen LogP contribution in [-0.4, -0.2) is 46.6 Å². The van der Waals surface area contributed by atoms with Crippen molar-refractivity contribution in [1.82, 2.24) is 14.9 Å². The van der Waals surface area contributed by atoms with E-state index in [1.54, 1.807) is 0 Å². The van der Waals surface area contributed by atoms with Crippen LogP contribution in [0, 0.1) is 11.6 Å². The van der Waals surface area contributed by atoms with Crippen molar-refractivity contribution in [3.05, 3.63) is 77.1 Å². The van der Waals surface area contributed by atoms with Gasteiger partial charge < -0.3 is 15.0 Å². The van der Waals surface area contributed by atoms with Gasteiger partial charge in [-0.15, -0.1) is 0 Å². The first-order chi connectivity index (χ1) is 17.9. The number of aromatic nitrogens is 2. The van der Waals surface area contributed by atoms with Gasteiger partial charge in [0.05, 0.1) is 17.4 Å². The molecule has 1 atom stereocenters. The fourth-order valence-electron chi connectivity index (χ4n) is 5.17. The van der Waals surface area contributed by atoms with Crippen LogP contribution in [0.2, 0.25) is 0 Å². The minimum absolute atomic E-state index is 0.0999. The lowest BCUT2D eigenvalue weighted by atomic mass is 10.0. The number of piperidine rings is 1. The molecule has 8 heteroatoms. The minimum atomic E-state index is -0.666. The van der Waals surface area contributed by atoms with Gasteiger partial charge in [0.25, 0.3) is 0 Å². The molecule has 3 aromatic rings. The first-order valence-electron chi connectivity index (χ1n) is 13.2. The highest BCUT2D eigenvalue weighted by Crippen LogP contribution is 2.34. The molecule has 1 aromatic heterocycles. The SMILES string of the molecule is CC(C)Nc1nc2c(nc1N1CCC(Oc3ccc(F)cc3F)CC1)C(C)N(Cc1ccccc1)CC2. The molecule has 2 aliphatic rings. The Balaban J connectivity index is 1.33. The van der Waals surface area contributed by atoms with E-state index < -0.39 is 11.6 Å². The minimum Gasteiger partial charge on any atom is -0.487 e. The fourth-order valence-corrected chi connectivity index (χ4v) is 5.17. The summed E-state index contributed by atoms with van der Waals surface area (Å²) in [6.07, 6.45) is 2.16. The first-order valence-corrected chi connectivity index (χ1v) is 13.2. The van der Waals surface area contributed by atoms with E-state index in [1.807, 2.05) is 6.07 Å². The fraction of sp³-hybridized carbons (Fsp3) is 0.448. The van der Waals surface area contributed by atoms with E-state index in [2.05, 4.69) is 60.2 Å². The molecule has 2 aromatic carbocycles. The summed E-state index contributed by atoms with van der Waals surface area (Å²) >= 11 is 0. The highest BCUT2D eigenvalue weighted by Gasteiger charge is 2.31. The van der Waals surface area contributed by atoms with E-state index in [0.29, 0.717) is 12.8 Å². The van der Waals surface area contributed by atoms with Crippen molar-refractivity contribution in [3.63, 3.8) is 0 Å². The molecule has 5 rings (SSSR count). The summed E-state index contributed by atoms with van der Waals surface area (Å²) in [4.78, 5) is 15.0. The quantitative estimate of drug-likeness (QED) is 0.440. The van der Waals surface area contributed by atoms with Gasteiger partial charge >= 0.3 is 0 Å². The number of benzene rings is 2. The molecule has 2 aliphatic heterocycles. The molecule has 37 heavy (non-hydrogen) atoms. The standard InChI is InChI=1S/C29H35F2N5O/c1-19(2)32-28-29(35-14-11-23(12-15-35)37-26-10-9-22(30)17-24(26)31)34-27-20(3)36(16-13-25(27)33-28)18-21-7-5-4-6-8-21/h4-10,17,19-20,23H,11-16,18H2,1-3H3,(H,32,33). The average Bonchev–Trinajstić information content (AvgIpc) is 2.88. The monoisotopic (exact) mass is 507 g/mol. The van der Waals surface area contributed by atoms with E-state index in [9.17, 15) is 8.78 Å². The number of fused-ring (bicyclic) bond motifs is 1. The topological polar surface area (TPSA) is 53.5 Å². The molecule has 1 unspecified atom stereocenters. The summed E-state index contributed by atoms with van der Waals surface area (Å²) in [6.45, 7) is 9.69. The van der Waals surface area contributed by atoms with Gasteiger partial charge in [-0.05, 0) is 38.5 Å². The van der Waals surface area contributed by atoms with E-state index in [-0.39, 0.29) is 23.9 Å². The smallest absolute Gasteiger partial charge is 0.172 e. The molecule has 0 amide bonds. The zero-order valence-corrected chi connectivity index (χ0v) is 21.8. The van der Waals surface area contributed by atoms with Crippen LogP contribution < -0.4 is 15.0 Å². The highest BCUT2D eigenvalue weighted by molar-refractivity contribution is 5.63. The molecule has 1 fully saturated rings. The zero-order valence-electron chi connectivity index (χ0n) is 21.8. The van der Waals surface area contributed by atoms with Gasteiger partial charge in [0, 0.05) is 57.5 Å². The van der Waals surface area contributed by atoms with Crippen LogP contribution in [0.1, 0.15) is 56.6 Å². The normalized spacial score (nSPS) is 18.6. The number of nitrogens with one attached hydrogen (secondary N) is 1. The second-order valence-electron chi connectivity index (χ2n) is 10.3. The molecule has 1 N–H and O–H groups in total. The number of hydrogen-bond donors (Lipinski definition) is 1. The van der Waals surface area contributed by atoms with Gasteiger partial charge in [0.1, 0.15) is 11.9 Å². The molecule has 0 bridgehead atoms. The first kappa shape index (κ1) is 25.4. The lowest BCUT2D eigenvalue weighted by Gasteiger charge is -2.37. The van der Waals surface area contributed by atoms with Crippen molar-refractivity contribution in [3.8, 4) is 5.75 Å². The molecular weight excluding hydrogens is 472 g/mol. The lowest BCUT2D eigenvalue weighted by molar-refractivity contribution is 0.163. The molecule has 196 valence electrons. The van der Waals surface area contributed by atoms with Crippen molar-refractivity contribution >= 4 is 11.6 Å². The maximum Gasteiger partial charge on any atom is 0.172 e. The van der Waals surface area contributed by atoms with Gasteiger partial charge in [-0.1, -0.05) is 30.3 Å². The van der Waals surface area contributed by atoms with Gasteiger partial charge in [-0.25, -0.2) is 18.7 Å². The Labute approximate surface area is 217 Å². The molecule has 0 aliphatic carbocycles.